The van der Waals surface area contributed by atoms with Crippen LogP contribution in [-0.2, 0) is 6.42 Å². The van der Waals surface area contributed by atoms with Crippen molar-refractivity contribution in [1.82, 2.24) is 5.27 Å². The van der Waals surface area contributed by atoms with Gasteiger partial charge in [0.25, 0.3) is 0 Å². The predicted octanol–water partition coefficient (Wildman–Crippen LogP) is 4.12. The second-order valence-corrected chi connectivity index (χ2v) is 5.12. The smallest absolute Gasteiger partial charge is 0.222 e. The Kier molecular flexibility index (Phi) is 3.69. The van der Waals surface area contributed by atoms with Crippen molar-refractivity contribution in [2.24, 2.45) is 0 Å². The van der Waals surface area contributed by atoms with Gasteiger partial charge in [0, 0.05) is 13.3 Å². The molecule has 0 aliphatic carbocycles. The minimum absolute atomic E-state index is 0.0817. The zero-order valence-electron chi connectivity index (χ0n) is 11.9. The van der Waals surface area contributed by atoms with Gasteiger partial charge in [0.05, 0.1) is 0 Å². The molecule has 1 unspecified atom stereocenters. The highest BCUT2D eigenvalue weighted by Gasteiger charge is 2.19. The van der Waals surface area contributed by atoms with E-state index in [0.717, 1.165) is 6.42 Å². The molecule has 2 aromatic carbocycles. The van der Waals surface area contributed by atoms with Gasteiger partial charge in [-0.05, 0) is 16.7 Å². The summed E-state index contributed by atoms with van der Waals surface area (Å²) in [6.07, 6.45) is 2.44. The third kappa shape index (κ3) is 2.94. The van der Waals surface area contributed by atoms with Crippen molar-refractivity contribution in [2.75, 3.05) is 0 Å². The Balaban J connectivity index is 1.89. The molecule has 1 N–H and O–H groups in total. The summed E-state index contributed by atoms with van der Waals surface area (Å²) in [6.45, 7) is 2.07. The van der Waals surface area contributed by atoms with Crippen molar-refractivity contribution in [1.29, 1.82) is 0 Å². The molecule has 0 saturated heterocycles. The molecule has 3 rings (SSSR count). The minimum Gasteiger partial charge on any atom is -0.660 e. The molecule has 21 heavy (non-hydrogen) atoms. The van der Waals surface area contributed by atoms with E-state index in [1.54, 1.807) is 10.9 Å². The van der Waals surface area contributed by atoms with Crippen molar-refractivity contribution in [3.05, 3.63) is 72.1 Å². The first-order valence-corrected chi connectivity index (χ1v) is 6.97. The first kappa shape index (κ1) is 13.4. The quantitative estimate of drug-likeness (QED) is 0.675. The first-order chi connectivity index (χ1) is 10.2. The fourth-order valence-corrected chi connectivity index (χ4v) is 2.48. The number of aromatic nitrogens is 2. The van der Waals surface area contributed by atoms with Crippen LogP contribution in [0.5, 0.6) is 0 Å². The third-order valence-electron chi connectivity index (χ3n) is 3.55. The normalized spacial score (nSPS) is 12.2. The lowest BCUT2D eigenvalue weighted by Crippen LogP contribution is -2.39. The van der Waals surface area contributed by atoms with Crippen LogP contribution < -0.4 is 4.68 Å². The topological polar surface area (TPSA) is 53.7 Å². The Morgan fingerprint density at radius 2 is 1.81 bits per heavy atom. The minimum atomic E-state index is 0.0817. The second-order valence-electron chi connectivity index (χ2n) is 5.12. The van der Waals surface area contributed by atoms with E-state index in [-0.39, 0.29) is 11.9 Å². The summed E-state index contributed by atoms with van der Waals surface area (Å²) in [6, 6.07) is 18.9. The summed E-state index contributed by atoms with van der Waals surface area (Å²) < 4.78 is 6.52. The van der Waals surface area contributed by atoms with E-state index >= 15 is 0 Å². The summed E-state index contributed by atoms with van der Waals surface area (Å²) in [5, 5.41) is 3.87. The van der Waals surface area contributed by atoms with E-state index in [1.807, 2.05) is 18.2 Å². The van der Waals surface area contributed by atoms with Crippen molar-refractivity contribution >= 4 is 5.88 Å². The van der Waals surface area contributed by atoms with Crippen LogP contribution in [0.15, 0.2) is 65.3 Å². The van der Waals surface area contributed by atoms with Gasteiger partial charge in [-0.15, -0.1) is 0 Å². The molecule has 4 nitrogen and oxygen atoms in total. The molecule has 3 aromatic rings. The maximum atomic E-state index is 7.42. The SMILES string of the molecule is CC(Cc1ccccc1-c1ccccc1)[n+]1cc([NH-])on1. The predicted molar refractivity (Wildman–Crippen MR) is 81.0 cm³/mol. The molecular formula is C17H17N3O. The average molecular weight is 279 g/mol. The largest absolute Gasteiger partial charge is 0.660 e. The lowest BCUT2D eigenvalue weighted by Gasteiger charge is -2.10. The Morgan fingerprint density at radius 1 is 1.10 bits per heavy atom. The van der Waals surface area contributed by atoms with Crippen LogP contribution in [0.2, 0.25) is 0 Å². The summed E-state index contributed by atoms with van der Waals surface area (Å²) in [5.41, 5.74) is 11.1. The Morgan fingerprint density at radius 3 is 2.52 bits per heavy atom. The van der Waals surface area contributed by atoms with Crippen LogP contribution in [0.4, 0.5) is 5.88 Å². The molecule has 0 fully saturated rings. The highest BCUT2D eigenvalue weighted by Crippen LogP contribution is 2.25. The van der Waals surface area contributed by atoms with Crippen LogP contribution in [-0.4, -0.2) is 5.27 Å². The lowest BCUT2D eigenvalue weighted by molar-refractivity contribution is -0.782. The summed E-state index contributed by atoms with van der Waals surface area (Å²) in [5.74, 6) is 0.0817. The molecule has 0 aliphatic heterocycles. The highest BCUT2D eigenvalue weighted by atomic mass is 16.5. The number of nitrogens with zero attached hydrogens (tertiary/aromatic N) is 2. The Hall–Kier alpha value is -2.62. The van der Waals surface area contributed by atoms with Gasteiger partial charge in [-0.1, -0.05) is 59.3 Å². The maximum absolute atomic E-state index is 7.42. The summed E-state index contributed by atoms with van der Waals surface area (Å²) >= 11 is 0. The van der Waals surface area contributed by atoms with Gasteiger partial charge in [0.2, 0.25) is 6.20 Å². The fourth-order valence-electron chi connectivity index (χ4n) is 2.48. The van der Waals surface area contributed by atoms with E-state index in [4.69, 9.17) is 10.3 Å². The monoisotopic (exact) mass is 279 g/mol. The van der Waals surface area contributed by atoms with Crippen molar-refractivity contribution in [3.8, 4) is 11.1 Å². The van der Waals surface area contributed by atoms with E-state index in [0.29, 0.717) is 0 Å². The molecule has 4 heteroatoms. The van der Waals surface area contributed by atoms with Crippen LogP contribution in [0.25, 0.3) is 16.9 Å². The lowest BCUT2D eigenvalue weighted by atomic mass is 9.95. The van der Waals surface area contributed by atoms with E-state index in [9.17, 15) is 0 Å². The van der Waals surface area contributed by atoms with Crippen LogP contribution in [0, 0.1) is 0 Å². The molecule has 0 spiro atoms. The standard InChI is InChI=1S/C17H17N3O/c1-13(20-12-17(18)21-19-20)11-15-9-5-6-10-16(15)14-7-3-2-4-8-14/h2-10,12-13,18H,11H2,1H3. The van der Waals surface area contributed by atoms with Crippen molar-refractivity contribution in [3.63, 3.8) is 0 Å². The van der Waals surface area contributed by atoms with Gasteiger partial charge in [0.1, 0.15) is 5.88 Å². The number of nitrogens with one attached hydrogen (secondary N) is 1. The third-order valence-corrected chi connectivity index (χ3v) is 3.55. The van der Waals surface area contributed by atoms with Gasteiger partial charge in [-0.25, -0.2) is 0 Å². The van der Waals surface area contributed by atoms with Crippen molar-refractivity contribution < 1.29 is 9.20 Å². The fraction of sp³-hybridized carbons (Fsp3) is 0.176. The van der Waals surface area contributed by atoms with Crippen LogP contribution in [0.1, 0.15) is 18.5 Å². The molecule has 0 amide bonds. The van der Waals surface area contributed by atoms with Crippen LogP contribution >= 0.6 is 0 Å². The average Bonchev–Trinajstić information content (AvgIpc) is 2.95. The Bertz CT molecular complexity index is 722. The van der Waals surface area contributed by atoms with E-state index in [1.165, 1.54) is 16.7 Å². The van der Waals surface area contributed by atoms with Gasteiger partial charge >= 0.3 is 0 Å². The van der Waals surface area contributed by atoms with Gasteiger partial charge in [-0.3, -0.25) is 0 Å². The molecule has 1 heterocycles. The number of benzene rings is 2. The molecule has 106 valence electrons. The van der Waals surface area contributed by atoms with Crippen LogP contribution in [0.3, 0.4) is 0 Å². The highest BCUT2D eigenvalue weighted by molar-refractivity contribution is 5.67. The summed E-state index contributed by atoms with van der Waals surface area (Å²) in [4.78, 5) is 0. The number of rotatable bonds is 4. The molecule has 1 aromatic heterocycles. The van der Waals surface area contributed by atoms with Gasteiger partial charge in [-0.2, -0.15) is 0 Å². The first-order valence-electron chi connectivity index (χ1n) is 6.97. The molecule has 0 saturated carbocycles. The summed E-state index contributed by atoms with van der Waals surface area (Å²) in [7, 11) is 0. The molecule has 1 atom stereocenters. The molecule has 0 bridgehead atoms. The molecule has 0 radical (unpaired) electrons. The van der Waals surface area contributed by atoms with E-state index < -0.39 is 0 Å². The van der Waals surface area contributed by atoms with Gasteiger partial charge < -0.3 is 10.3 Å². The van der Waals surface area contributed by atoms with Gasteiger partial charge in [0.15, 0.2) is 11.3 Å². The number of hydrogen-bond donors (Lipinski definition) is 0. The maximum Gasteiger partial charge on any atom is 0.222 e. The zero-order chi connectivity index (χ0) is 14.7. The van der Waals surface area contributed by atoms with Crippen molar-refractivity contribution in [2.45, 2.75) is 19.4 Å². The molecule has 0 aliphatic rings. The Labute approximate surface area is 123 Å². The number of hydrogen-bond acceptors (Lipinski definition) is 2. The van der Waals surface area contributed by atoms with E-state index in [2.05, 4.69) is 48.6 Å². The second kappa shape index (κ2) is 5.79. The zero-order valence-corrected chi connectivity index (χ0v) is 11.9. The molecular weight excluding hydrogens is 262 g/mol.